The van der Waals surface area contributed by atoms with Gasteiger partial charge in [0.25, 0.3) is 0 Å². The van der Waals surface area contributed by atoms with Crippen molar-refractivity contribution in [3.8, 4) is 11.5 Å². The molecule has 2 aliphatic heterocycles. The predicted octanol–water partition coefficient (Wildman–Crippen LogP) is 8.22. The van der Waals surface area contributed by atoms with Gasteiger partial charge in [-0.1, -0.05) is 12.1 Å². The molecule has 8 N–H and O–H groups in total. The number of thiophene rings is 1. The highest BCUT2D eigenvalue weighted by atomic mass is 32.2. The normalized spacial score (nSPS) is 17.0. The van der Waals surface area contributed by atoms with E-state index in [0.717, 1.165) is 150 Å². The van der Waals surface area contributed by atoms with E-state index in [0.29, 0.717) is 25.9 Å². The summed E-state index contributed by atoms with van der Waals surface area (Å²) in [6.07, 6.45) is 10.5. The topological polar surface area (TPSA) is 197 Å². The van der Waals surface area contributed by atoms with E-state index in [1.807, 2.05) is 72.6 Å². The maximum Gasteiger partial charge on any atom is 0.119 e. The zero-order valence-electron chi connectivity index (χ0n) is 40.2. The van der Waals surface area contributed by atoms with Gasteiger partial charge in [-0.25, -0.2) is 4.98 Å². The van der Waals surface area contributed by atoms with Crippen molar-refractivity contribution in [3.05, 3.63) is 113 Å². The number of piperidine rings is 2. The minimum absolute atomic E-state index is 0.137. The summed E-state index contributed by atoms with van der Waals surface area (Å²) in [5.41, 5.74) is 16.7. The van der Waals surface area contributed by atoms with Gasteiger partial charge in [0.05, 0.1) is 46.7 Å². The summed E-state index contributed by atoms with van der Waals surface area (Å²) in [5, 5.41) is 48.1. The Hall–Kier alpha value is -3.91. The molecule has 6 aromatic rings. The molecular formula is C53H71N7O6S3. The van der Waals surface area contributed by atoms with Crippen LogP contribution in [0, 0.1) is 10.8 Å². The van der Waals surface area contributed by atoms with Crippen molar-refractivity contribution in [2.75, 3.05) is 78.2 Å². The van der Waals surface area contributed by atoms with Crippen LogP contribution in [0.5, 0.6) is 11.5 Å². The summed E-state index contributed by atoms with van der Waals surface area (Å²) >= 11 is 5.49. The number of nitrogens with zero attached hydrogens (tertiary/aromatic N) is 5. The lowest BCUT2D eigenvalue weighted by Gasteiger charge is -2.41. The van der Waals surface area contributed by atoms with E-state index in [1.165, 1.54) is 4.21 Å². The number of pyridine rings is 3. The molecule has 0 bridgehead atoms. The van der Waals surface area contributed by atoms with Crippen molar-refractivity contribution < 1.29 is 29.9 Å². The molecule has 2 aromatic carbocycles. The van der Waals surface area contributed by atoms with Gasteiger partial charge in [-0.2, -0.15) is 0 Å². The van der Waals surface area contributed by atoms with Gasteiger partial charge in [0.1, 0.15) is 11.5 Å². The maximum atomic E-state index is 11.3. The summed E-state index contributed by atoms with van der Waals surface area (Å²) < 4.78 is 12.2. The summed E-state index contributed by atoms with van der Waals surface area (Å²) in [4.78, 5) is 18.4. The number of aromatic nitrogens is 3. The van der Waals surface area contributed by atoms with Gasteiger partial charge in [-0.3, -0.25) is 9.97 Å². The molecule has 0 amide bonds. The van der Waals surface area contributed by atoms with Crippen molar-refractivity contribution in [1.29, 1.82) is 0 Å². The lowest BCUT2D eigenvalue weighted by Crippen LogP contribution is -2.43. The number of fused-ring (bicyclic) bond motifs is 2. The Morgan fingerprint density at radius 2 is 1.17 bits per heavy atom. The number of aliphatic hydroxyl groups excluding tert-OH is 4. The zero-order chi connectivity index (χ0) is 48.6. The molecule has 8 rings (SSSR count). The van der Waals surface area contributed by atoms with Crippen LogP contribution in [-0.2, 0) is 13.1 Å². The Morgan fingerprint density at radius 1 is 0.667 bits per heavy atom. The fraction of sp³-hybridized carbons (Fsp3) is 0.491. The first-order chi connectivity index (χ1) is 33.6. The van der Waals surface area contributed by atoms with Crippen molar-refractivity contribution in [2.24, 2.45) is 22.3 Å². The Balaban J connectivity index is 0.000000204. The van der Waals surface area contributed by atoms with Crippen LogP contribution < -0.4 is 20.9 Å². The molecule has 0 radical (unpaired) electrons. The lowest BCUT2D eigenvalue weighted by atomic mass is 9.74. The first kappa shape index (κ1) is 52.9. The highest BCUT2D eigenvalue weighted by Crippen LogP contribution is 2.42. The molecule has 2 saturated heterocycles. The fourth-order valence-corrected chi connectivity index (χ4v) is 12.5. The number of nitrogens with two attached hydrogens (primary N) is 2. The maximum absolute atomic E-state index is 11.3. The van der Waals surface area contributed by atoms with Gasteiger partial charge in [-0.05, 0) is 171 Å². The molecule has 0 aliphatic carbocycles. The Morgan fingerprint density at radius 3 is 1.59 bits per heavy atom. The molecule has 13 nitrogen and oxygen atoms in total. The van der Waals surface area contributed by atoms with Crippen molar-refractivity contribution in [2.45, 2.75) is 85.9 Å². The third-order valence-electron chi connectivity index (χ3n) is 14.3. The molecule has 6 heterocycles. The molecule has 69 heavy (non-hydrogen) atoms. The van der Waals surface area contributed by atoms with Crippen LogP contribution in [0.1, 0.15) is 85.8 Å². The number of methoxy groups -OCH3 is 2. The number of likely N-dealkylation sites (tertiary alicyclic amines) is 2. The van der Waals surface area contributed by atoms with Gasteiger partial charge < -0.3 is 51.2 Å². The molecule has 0 saturated carbocycles. The number of thioether (sulfide) groups is 2. The number of ether oxygens (including phenoxy) is 2. The molecular weight excluding hydrogens is 927 g/mol. The van der Waals surface area contributed by atoms with Gasteiger partial charge in [0.2, 0.25) is 0 Å². The summed E-state index contributed by atoms with van der Waals surface area (Å²) in [6.45, 7) is 6.91. The average Bonchev–Trinajstić information content (AvgIpc) is 3.93. The predicted molar refractivity (Wildman–Crippen MR) is 281 cm³/mol. The largest absolute Gasteiger partial charge is 0.497 e. The average molecular weight is 998 g/mol. The minimum atomic E-state index is -0.678. The van der Waals surface area contributed by atoms with E-state index in [-0.39, 0.29) is 24.0 Å². The lowest BCUT2D eigenvalue weighted by molar-refractivity contribution is 0.0253. The van der Waals surface area contributed by atoms with Gasteiger partial charge >= 0.3 is 0 Å². The third kappa shape index (κ3) is 13.9. The molecule has 2 atom stereocenters. The number of aliphatic hydroxyl groups is 4. The van der Waals surface area contributed by atoms with Crippen LogP contribution in [-0.4, -0.2) is 123 Å². The molecule has 2 aliphatic rings. The van der Waals surface area contributed by atoms with Crippen molar-refractivity contribution >= 4 is 56.7 Å². The highest BCUT2D eigenvalue weighted by molar-refractivity contribution is 8.01. The highest BCUT2D eigenvalue weighted by Gasteiger charge is 2.36. The summed E-state index contributed by atoms with van der Waals surface area (Å²) in [5.74, 6) is 3.55. The molecule has 2 fully saturated rings. The van der Waals surface area contributed by atoms with E-state index < -0.39 is 12.2 Å². The Bertz CT molecular complexity index is 2480. The van der Waals surface area contributed by atoms with Crippen molar-refractivity contribution in [3.63, 3.8) is 0 Å². The van der Waals surface area contributed by atoms with E-state index in [4.69, 9.17) is 20.9 Å². The number of hydrogen-bond donors (Lipinski definition) is 6. The van der Waals surface area contributed by atoms with E-state index in [1.54, 1.807) is 49.7 Å². The van der Waals surface area contributed by atoms with Crippen LogP contribution in [0.15, 0.2) is 99.9 Å². The molecule has 16 heteroatoms. The van der Waals surface area contributed by atoms with Crippen molar-refractivity contribution in [1.82, 2.24) is 24.8 Å². The number of hydrogen-bond acceptors (Lipinski definition) is 16. The second-order valence-electron chi connectivity index (χ2n) is 18.5. The van der Waals surface area contributed by atoms with E-state index in [9.17, 15) is 20.4 Å². The standard InChI is InChI=1S/C27H36N4O3S.C26H35N3O3S2/c1-34-21-5-6-23-22(16-21)26(20(17-28)18-30-23)24(33)7-8-27(19-32)9-12-31(13-10-27)14-15-35-25-4-2-3-11-29-25;1-32-20-4-5-22-21(15-20)25(19(16-27)17-28-22)23(31)6-7-26(18-30)8-10-29(11-9-26)12-14-34-24-3-2-13-33-24/h2-6,11,16,18,24,32-33H,7-10,12-15,17,19,28H2,1H3;2-5,13,15,17,23,30-31H,6-12,14,16,18,27H2,1H3. The number of benzene rings is 2. The minimum Gasteiger partial charge on any atom is -0.497 e. The van der Waals surface area contributed by atoms with Crippen LogP contribution in [0.4, 0.5) is 0 Å². The SMILES string of the molecule is COc1ccc2ncc(CN)c(C(O)CCC3(CO)CCN(CCSc4ccccn4)CC3)c2c1.COc1ccc2ncc(CN)c(C(O)CCC3(CO)CCN(CCSc4cccs4)CC3)c2c1. The Labute approximate surface area is 420 Å². The summed E-state index contributed by atoms with van der Waals surface area (Å²) in [7, 11) is 3.27. The molecule has 372 valence electrons. The van der Waals surface area contributed by atoms with Gasteiger partial charge in [0.15, 0.2) is 0 Å². The fourth-order valence-electron chi connectivity index (χ4n) is 9.82. The van der Waals surface area contributed by atoms with Gasteiger partial charge in [0, 0.05) is 80.3 Å². The molecule has 4 aromatic heterocycles. The number of rotatable bonds is 22. The second-order valence-corrected chi connectivity index (χ2v) is 21.9. The van der Waals surface area contributed by atoms with Gasteiger partial charge in [-0.15, -0.1) is 34.9 Å². The Kier molecular flexibility index (Phi) is 19.9. The van der Waals surface area contributed by atoms with E-state index in [2.05, 4.69) is 42.3 Å². The van der Waals surface area contributed by atoms with Crippen LogP contribution in [0.3, 0.4) is 0 Å². The monoisotopic (exact) mass is 997 g/mol. The van der Waals surface area contributed by atoms with Crippen LogP contribution >= 0.6 is 34.9 Å². The molecule has 0 spiro atoms. The second kappa shape index (κ2) is 26.0. The molecule has 2 unspecified atom stereocenters. The smallest absolute Gasteiger partial charge is 0.119 e. The summed E-state index contributed by atoms with van der Waals surface area (Å²) in [6, 6.07) is 21.7. The van der Waals surface area contributed by atoms with Crippen LogP contribution in [0.2, 0.25) is 0 Å². The first-order valence-corrected chi connectivity index (χ1v) is 27.0. The quantitative estimate of drug-likeness (QED) is 0.0356. The first-order valence-electron chi connectivity index (χ1n) is 24.2. The third-order valence-corrected chi connectivity index (χ3v) is 17.4. The van der Waals surface area contributed by atoms with Crippen LogP contribution in [0.25, 0.3) is 21.8 Å². The zero-order valence-corrected chi connectivity index (χ0v) is 42.6. The van der Waals surface area contributed by atoms with E-state index >= 15 is 0 Å².